The number of nitrogens with one attached hydrogen (secondary N) is 1. The minimum Gasteiger partial charge on any atom is -0.349 e. The summed E-state index contributed by atoms with van der Waals surface area (Å²) in [6.45, 7) is 3.99. The van der Waals surface area contributed by atoms with Crippen molar-refractivity contribution in [2.75, 3.05) is 5.75 Å². The van der Waals surface area contributed by atoms with E-state index in [1.807, 2.05) is 50.2 Å². The van der Waals surface area contributed by atoms with Gasteiger partial charge in [-0.25, -0.2) is 0 Å². The highest BCUT2D eigenvalue weighted by Crippen LogP contribution is 2.22. The van der Waals surface area contributed by atoms with Crippen LogP contribution >= 0.6 is 11.8 Å². The third kappa shape index (κ3) is 4.30. The number of fused-ring (bicyclic) bond motifs is 1. The third-order valence-electron chi connectivity index (χ3n) is 4.77. The molecule has 6 nitrogen and oxygen atoms in total. The van der Waals surface area contributed by atoms with Crippen molar-refractivity contribution in [1.82, 2.24) is 25.5 Å². The quantitative estimate of drug-likeness (QED) is 0.491. The number of para-hydroxylation sites is 1. The average molecular weight is 404 g/mol. The predicted molar refractivity (Wildman–Crippen MR) is 115 cm³/mol. The normalized spacial score (nSPS) is 12.1. The SMILES string of the molecule is Cc1ccccc1-n1nnnc1SCC(=O)NC(C)c1ccc2ccccc2c1. The molecule has 0 bridgehead atoms. The van der Waals surface area contributed by atoms with Gasteiger partial charge in [0.2, 0.25) is 11.1 Å². The lowest BCUT2D eigenvalue weighted by Gasteiger charge is -2.15. The van der Waals surface area contributed by atoms with Gasteiger partial charge in [0.15, 0.2) is 0 Å². The number of hydrogen-bond acceptors (Lipinski definition) is 5. The van der Waals surface area contributed by atoms with Gasteiger partial charge in [-0.2, -0.15) is 4.68 Å². The van der Waals surface area contributed by atoms with E-state index in [2.05, 4.69) is 51.2 Å². The lowest BCUT2D eigenvalue weighted by Crippen LogP contribution is -2.28. The summed E-state index contributed by atoms with van der Waals surface area (Å²) in [7, 11) is 0. The molecule has 0 saturated carbocycles. The molecule has 0 aliphatic rings. The van der Waals surface area contributed by atoms with Gasteiger partial charge in [-0.05, 0) is 58.3 Å². The Morgan fingerprint density at radius 3 is 2.66 bits per heavy atom. The van der Waals surface area contributed by atoms with Gasteiger partial charge < -0.3 is 5.32 Å². The maximum atomic E-state index is 12.5. The first-order valence-electron chi connectivity index (χ1n) is 9.37. The molecule has 7 heteroatoms. The molecule has 3 aromatic carbocycles. The second-order valence-corrected chi connectivity index (χ2v) is 7.79. The predicted octanol–water partition coefficient (Wildman–Crippen LogP) is 4.09. The standard InChI is InChI=1S/C22H21N5OS/c1-15-7-3-6-10-20(15)27-22(24-25-26-27)29-14-21(28)23-16(2)18-12-11-17-8-4-5-9-19(17)13-18/h3-13,16H,14H2,1-2H3,(H,23,28). The van der Waals surface area contributed by atoms with E-state index >= 15 is 0 Å². The van der Waals surface area contributed by atoms with Crippen molar-refractivity contribution in [3.8, 4) is 5.69 Å². The van der Waals surface area contributed by atoms with Crippen LogP contribution in [0.15, 0.2) is 71.9 Å². The van der Waals surface area contributed by atoms with Crippen molar-refractivity contribution in [2.24, 2.45) is 0 Å². The van der Waals surface area contributed by atoms with Crippen molar-refractivity contribution in [1.29, 1.82) is 0 Å². The summed E-state index contributed by atoms with van der Waals surface area (Å²) < 4.78 is 1.67. The minimum absolute atomic E-state index is 0.0602. The third-order valence-corrected chi connectivity index (χ3v) is 5.69. The molecular weight excluding hydrogens is 382 g/mol. The molecule has 0 aliphatic carbocycles. The van der Waals surface area contributed by atoms with E-state index in [0.717, 1.165) is 22.2 Å². The number of tetrazole rings is 1. The topological polar surface area (TPSA) is 72.7 Å². The molecule has 0 fully saturated rings. The van der Waals surface area contributed by atoms with Gasteiger partial charge in [0.25, 0.3) is 0 Å². The Morgan fingerprint density at radius 1 is 1.07 bits per heavy atom. The van der Waals surface area contributed by atoms with E-state index < -0.39 is 0 Å². The maximum Gasteiger partial charge on any atom is 0.230 e. The summed E-state index contributed by atoms with van der Waals surface area (Å²) in [4.78, 5) is 12.5. The highest BCUT2D eigenvalue weighted by molar-refractivity contribution is 7.99. The van der Waals surface area contributed by atoms with Crippen molar-refractivity contribution in [2.45, 2.75) is 25.0 Å². The molecule has 1 amide bonds. The second kappa shape index (κ2) is 8.45. The largest absolute Gasteiger partial charge is 0.349 e. The molecule has 0 aliphatic heterocycles. The zero-order chi connectivity index (χ0) is 20.2. The van der Waals surface area contributed by atoms with Crippen molar-refractivity contribution < 1.29 is 4.79 Å². The summed E-state index contributed by atoms with van der Waals surface area (Å²) in [5, 5.41) is 17.9. The molecular formula is C22H21N5OS. The fraction of sp³-hybridized carbons (Fsp3) is 0.182. The summed E-state index contributed by atoms with van der Waals surface area (Å²) in [5.41, 5.74) is 3.05. The summed E-state index contributed by atoms with van der Waals surface area (Å²) >= 11 is 1.32. The van der Waals surface area contributed by atoms with Crippen LogP contribution in [-0.4, -0.2) is 31.9 Å². The first-order valence-corrected chi connectivity index (χ1v) is 10.4. The molecule has 4 aromatic rings. The highest BCUT2D eigenvalue weighted by Gasteiger charge is 2.15. The monoisotopic (exact) mass is 403 g/mol. The van der Waals surface area contributed by atoms with Gasteiger partial charge in [0.05, 0.1) is 17.5 Å². The number of nitrogens with zero attached hydrogens (tertiary/aromatic N) is 4. The van der Waals surface area contributed by atoms with Gasteiger partial charge in [-0.1, -0.05) is 66.4 Å². The zero-order valence-electron chi connectivity index (χ0n) is 16.2. The number of hydrogen-bond donors (Lipinski definition) is 1. The molecule has 1 heterocycles. The van der Waals surface area contributed by atoms with Gasteiger partial charge in [0, 0.05) is 0 Å². The number of carbonyl (C=O) groups excluding carboxylic acids is 1. The van der Waals surface area contributed by atoms with Crippen molar-refractivity contribution >= 4 is 28.4 Å². The van der Waals surface area contributed by atoms with Gasteiger partial charge in [-0.3, -0.25) is 4.79 Å². The van der Waals surface area contributed by atoms with Crippen LogP contribution in [0.3, 0.4) is 0 Å². The van der Waals surface area contributed by atoms with Crippen LogP contribution in [-0.2, 0) is 4.79 Å². The Labute approximate surface area is 173 Å². The molecule has 0 saturated heterocycles. The van der Waals surface area contributed by atoms with Crippen LogP contribution < -0.4 is 5.32 Å². The van der Waals surface area contributed by atoms with E-state index in [0.29, 0.717) is 5.16 Å². The van der Waals surface area contributed by atoms with Gasteiger partial charge in [0.1, 0.15) is 0 Å². The molecule has 1 unspecified atom stereocenters. The second-order valence-electron chi connectivity index (χ2n) is 6.84. The zero-order valence-corrected chi connectivity index (χ0v) is 17.1. The number of rotatable bonds is 6. The summed E-state index contributed by atoms with van der Waals surface area (Å²) in [6.07, 6.45) is 0. The Bertz CT molecular complexity index is 1160. The molecule has 0 spiro atoms. The fourth-order valence-corrected chi connectivity index (χ4v) is 3.89. The maximum absolute atomic E-state index is 12.5. The Hall–Kier alpha value is -3.19. The average Bonchev–Trinajstić information content (AvgIpc) is 3.20. The van der Waals surface area contributed by atoms with Crippen LogP contribution in [0.5, 0.6) is 0 Å². The molecule has 1 N–H and O–H groups in total. The van der Waals surface area contributed by atoms with Crippen molar-refractivity contribution in [3.63, 3.8) is 0 Å². The van der Waals surface area contributed by atoms with Crippen LogP contribution in [0.4, 0.5) is 0 Å². The van der Waals surface area contributed by atoms with E-state index in [4.69, 9.17) is 0 Å². The molecule has 146 valence electrons. The van der Waals surface area contributed by atoms with Crippen molar-refractivity contribution in [3.05, 3.63) is 77.9 Å². The lowest BCUT2D eigenvalue weighted by atomic mass is 10.0. The Morgan fingerprint density at radius 2 is 1.83 bits per heavy atom. The summed E-state index contributed by atoms with van der Waals surface area (Å²) in [5.74, 6) is 0.180. The molecule has 4 rings (SSSR count). The molecule has 1 aromatic heterocycles. The molecule has 0 radical (unpaired) electrons. The van der Waals surface area contributed by atoms with Gasteiger partial charge >= 0.3 is 0 Å². The molecule has 1 atom stereocenters. The Balaban J connectivity index is 1.40. The number of aryl methyl sites for hydroxylation is 1. The van der Waals surface area contributed by atoms with E-state index in [-0.39, 0.29) is 17.7 Å². The van der Waals surface area contributed by atoms with E-state index in [1.54, 1.807) is 4.68 Å². The smallest absolute Gasteiger partial charge is 0.230 e. The first kappa shape index (κ1) is 19.1. The number of amides is 1. The summed E-state index contributed by atoms with van der Waals surface area (Å²) in [6, 6.07) is 22.2. The molecule has 29 heavy (non-hydrogen) atoms. The van der Waals surface area contributed by atoms with E-state index in [9.17, 15) is 4.79 Å². The number of aromatic nitrogens is 4. The van der Waals surface area contributed by atoms with Crippen LogP contribution in [0.2, 0.25) is 0 Å². The lowest BCUT2D eigenvalue weighted by molar-refractivity contribution is -0.119. The Kier molecular flexibility index (Phi) is 5.57. The van der Waals surface area contributed by atoms with Crippen LogP contribution in [0, 0.1) is 6.92 Å². The first-order chi connectivity index (χ1) is 14.1. The van der Waals surface area contributed by atoms with Gasteiger partial charge in [-0.15, -0.1) is 5.10 Å². The number of thioether (sulfide) groups is 1. The highest BCUT2D eigenvalue weighted by atomic mass is 32.2. The number of carbonyl (C=O) groups is 1. The minimum atomic E-state index is -0.0833. The fourth-order valence-electron chi connectivity index (χ4n) is 3.19. The van der Waals surface area contributed by atoms with Crippen LogP contribution in [0.1, 0.15) is 24.1 Å². The number of benzene rings is 3. The van der Waals surface area contributed by atoms with Crippen LogP contribution in [0.25, 0.3) is 16.5 Å². The van der Waals surface area contributed by atoms with E-state index in [1.165, 1.54) is 17.1 Å².